The standard InChI is InChI=1S/C17H23N3O3S/c1-14-5-6-17(23-14)16-4-3-12-20(16)24(21,22)19(2)13-9-15-7-10-18-11-8-15/h5-8,10-11,16H,3-4,9,12-13H2,1-2H3. The lowest BCUT2D eigenvalue weighted by Crippen LogP contribution is -2.42. The van der Waals surface area contributed by atoms with Crippen LogP contribution in [0.1, 0.15) is 36.0 Å². The summed E-state index contributed by atoms with van der Waals surface area (Å²) in [5.74, 6) is 1.54. The second kappa shape index (κ2) is 7.04. The minimum atomic E-state index is -3.51. The van der Waals surface area contributed by atoms with Gasteiger partial charge in [-0.2, -0.15) is 17.0 Å². The van der Waals surface area contributed by atoms with Crippen molar-refractivity contribution in [3.8, 4) is 0 Å². The van der Waals surface area contributed by atoms with E-state index in [0.717, 1.165) is 29.9 Å². The summed E-state index contributed by atoms with van der Waals surface area (Å²) in [4.78, 5) is 3.98. The molecule has 1 saturated heterocycles. The molecule has 2 aromatic rings. The molecule has 1 fully saturated rings. The summed E-state index contributed by atoms with van der Waals surface area (Å²) in [6, 6.07) is 7.37. The van der Waals surface area contributed by atoms with Crippen LogP contribution in [0.2, 0.25) is 0 Å². The molecule has 2 aromatic heterocycles. The molecule has 7 heteroatoms. The van der Waals surface area contributed by atoms with Crippen LogP contribution >= 0.6 is 0 Å². The molecular formula is C17H23N3O3S. The molecule has 130 valence electrons. The van der Waals surface area contributed by atoms with E-state index in [0.29, 0.717) is 19.5 Å². The molecule has 0 saturated carbocycles. The summed E-state index contributed by atoms with van der Waals surface area (Å²) in [6.07, 6.45) is 5.75. The third-order valence-electron chi connectivity index (χ3n) is 4.45. The van der Waals surface area contributed by atoms with Crippen molar-refractivity contribution >= 4 is 10.2 Å². The highest BCUT2D eigenvalue weighted by Crippen LogP contribution is 2.35. The van der Waals surface area contributed by atoms with Crippen LogP contribution in [0, 0.1) is 6.92 Å². The predicted octanol–water partition coefficient (Wildman–Crippen LogP) is 2.54. The van der Waals surface area contributed by atoms with E-state index in [4.69, 9.17) is 4.42 Å². The summed E-state index contributed by atoms with van der Waals surface area (Å²) in [5, 5.41) is 0. The molecule has 0 bridgehead atoms. The molecule has 3 heterocycles. The molecule has 3 rings (SSSR count). The summed E-state index contributed by atoms with van der Waals surface area (Å²) in [5.41, 5.74) is 1.08. The van der Waals surface area contributed by atoms with Gasteiger partial charge in [-0.05, 0) is 56.0 Å². The van der Waals surface area contributed by atoms with Gasteiger partial charge < -0.3 is 4.42 Å². The van der Waals surface area contributed by atoms with Gasteiger partial charge in [-0.3, -0.25) is 4.98 Å². The van der Waals surface area contributed by atoms with Crippen molar-refractivity contribution in [3.05, 3.63) is 53.7 Å². The minimum Gasteiger partial charge on any atom is -0.465 e. The highest BCUT2D eigenvalue weighted by atomic mass is 32.2. The first-order valence-corrected chi connectivity index (χ1v) is 9.56. The van der Waals surface area contributed by atoms with E-state index in [1.807, 2.05) is 31.2 Å². The third-order valence-corrected chi connectivity index (χ3v) is 6.45. The number of likely N-dealkylation sites (N-methyl/N-ethyl adjacent to an activating group) is 1. The second-order valence-electron chi connectivity index (χ2n) is 6.15. The number of pyridine rings is 1. The SMILES string of the molecule is Cc1ccc(C2CCCN2S(=O)(=O)N(C)CCc2ccncc2)o1. The van der Waals surface area contributed by atoms with E-state index in [-0.39, 0.29) is 6.04 Å². The van der Waals surface area contributed by atoms with Gasteiger partial charge >= 0.3 is 0 Å². The van der Waals surface area contributed by atoms with Crippen LogP contribution < -0.4 is 0 Å². The zero-order chi connectivity index (χ0) is 17.2. The first-order chi connectivity index (χ1) is 11.5. The lowest BCUT2D eigenvalue weighted by Gasteiger charge is -2.28. The molecule has 1 unspecified atom stereocenters. The van der Waals surface area contributed by atoms with Crippen molar-refractivity contribution in [3.63, 3.8) is 0 Å². The first-order valence-electron chi connectivity index (χ1n) is 8.17. The van der Waals surface area contributed by atoms with E-state index in [9.17, 15) is 8.42 Å². The number of aryl methyl sites for hydroxylation is 1. The van der Waals surface area contributed by atoms with Crippen molar-refractivity contribution in [2.75, 3.05) is 20.1 Å². The number of rotatable bonds is 6. The summed E-state index contributed by atoms with van der Waals surface area (Å²) < 4.78 is 34.6. The Kier molecular flexibility index (Phi) is 5.03. The Labute approximate surface area is 143 Å². The van der Waals surface area contributed by atoms with Crippen LogP contribution in [-0.4, -0.2) is 42.1 Å². The maximum absolute atomic E-state index is 12.9. The van der Waals surface area contributed by atoms with Crippen LogP contribution in [0.3, 0.4) is 0 Å². The van der Waals surface area contributed by atoms with Crippen molar-refractivity contribution in [1.82, 2.24) is 13.6 Å². The highest BCUT2D eigenvalue weighted by molar-refractivity contribution is 7.86. The van der Waals surface area contributed by atoms with Crippen molar-refractivity contribution in [1.29, 1.82) is 0 Å². The minimum absolute atomic E-state index is 0.202. The Morgan fingerprint density at radius 3 is 2.71 bits per heavy atom. The van der Waals surface area contributed by atoms with Gasteiger partial charge in [0.25, 0.3) is 10.2 Å². The molecule has 6 nitrogen and oxygen atoms in total. The number of nitrogens with zero attached hydrogens (tertiary/aromatic N) is 3. The molecule has 0 radical (unpaired) electrons. The van der Waals surface area contributed by atoms with Crippen LogP contribution in [0.4, 0.5) is 0 Å². The maximum atomic E-state index is 12.9. The Morgan fingerprint density at radius 2 is 2.04 bits per heavy atom. The maximum Gasteiger partial charge on any atom is 0.282 e. The van der Waals surface area contributed by atoms with Crippen LogP contribution in [0.25, 0.3) is 0 Å². The lowest BCUT2D eigenvalue weighted by molar-refractivity contribution is 0.309. The van der Waals surface area contributed by atoms with Gasteiger partial charge in [-0.25, -0.2) is 0 Å². The van der Waals surface area contributed by atoms with Crippen LogP contribution in [-0.2, 0) is 16.6 Å². The number of furan rings is 1. The smallest absolute Gasteiger partial charge is 0.282 e. The van der Waals surface area contributed by atoms with Gasteiger partial charge in [0, 0.05) is 32.5 Å². The van der Waals surface area contributed by atoms with Crippen molar-refractivity contribution < 1.29 is 12.8 Å². The number of hydrogen-bond acceptors (Lipinski definition) is 4. The molecule has 0 N–H and O–H groups in total. The normalized spacial score (nSPS) is 19.2. The topological polar surface area (TPSA) is 66.7 Å². The molecule has 1 atom stereocenters. The van der Waals surface area contributed by atoms with E-state index in [1.165, 1.54) is 4.31 Å². The third kappa shape index (κ3) is 3.53. The van der Waals surface area contributed by atoms with Gasteiger partial charge in [-0.15, -0.1) is 0 Å². The molecular weight excluding hydrogens is 326 g/mol. The quantitative estimate of drug-likeness (QED) is 0.804. The fourth-order valence-corrected chi connectivity index (χ4v) is 4.63. The number of aromatic nitrogens is 1. The lowest BCUT2D eigenvalue weighted by atomic mass is 10.2. The predicted molar refractivity (Wildman–Crippen MR) is 91.6 cm³/mol. The van der Waals surface area contributed by atoms with Crippen molar-refractivity contribution in [2.45, 2.75) is 32.2 Å². The molecule has 0 spiro atoms. The van der Waals surface area contributed by atoms with Gasteiger partial charge in [-0.1, -0.05) is 0 Å². The second-order valence-corrected chi connectivity index (χ2v) is 8.14. The van der Waals surface area contributed by atoms with Gasteiger partial charge in [0.2, 0.25) is 0 Å². The molecule has 0 amide bonds. The fourth-order valence-electron chi connectivity index (χ4n) is 3.06. The highest BCUT2D eigenvalue weighted by Gasteiger charge is 2.38. The average molecular weight is 349 g/mol. The number of hydrogen-bond donors (Lipinski definition) is 0. The van der Waals surface area contributed by atoms with Gasteiger partial charge in [0.1, 0.15) is 11.5 Å². The molecule has 24 heavy (non-hydrogen) atoms. The average Bonchev–Trinajstić information content (AvgIpc) is 3.22. The Hall–Kier alpha value is -1.70. The summed E-state index contributed by atoms with van der Waals surface area (Å²) in [6.45, 7) is 2.84. The zero-order valence-corrected chi connectivity index (χ0v) is 14.9. The fraction of sp³-hybridized carbons (Fsp3) is 0.471. The first kappa shape index (κ1) is 17.1. The molecule has 0 aliphatic carbocycles. The summed E-state index contributed by atoms with van der Waals surface area (Å²) in [7, 11) is -1.87. The Balaban J connectivity index is 1.71. The molecule has 1 aliphatic rings. The largest absolute Gasteiger partial charge is 0.465 e. The molecule has 1 aliphatic heterocycles. The Morgan fingerprint density at radius 1 is 1.29 bits per heavy atom. The summed E-state index contributed by atoms with van der Waals surface area (Å²) >= 11 is 0. The van der Waals surface area contributed by atoms with E-state index >= 15 is 0 Å². The van der Waals surface area contributed by atoms with E-state index in [1.54, 1.807) is 23.7 Å². The monoisotopic (exact) mass is 349 g/mol. The zero-order valence-electron chi connectivity index (χ0n) is 14.1. The van der Waals surface area contributed by atoms with Gasteiger partial charge in [0.05, 0.1) is 6.04 Å². The van der Waals surface area contributed by atoms with Crippen LogP contribution in [0.15, 0.2) is 41.1 Å². The van der Waals surface area contributed by atoms with E-state index < -0.39 is 10.2 Å². The Bertz CT molecular complexity index is 773. The molecule has 0 aromatic carbocycles. The van der Waals surface area contributed by atoms with E-state index in [2.05, 4.69) is 4.98 Å². The van der Waals surface area contributed by atoms with Crippen molar-refractivity contribution in [2.24, 2.45) is 0 Å². The van der Waals surface area contributed by atoms with Gasteiger partial charge in [0.15, 0.2) is 0 Å². The van der Waals surface area contributed by atoms with Crippen LogP contribution in [0.5, 0.6) is 0 Å².